The van der Waals surface area contributed by atoms with Crippen molar-refractivity contribution in [1.82, 2.24) is 5.32 Å². The zero-order valence-electron chi connectivity index (χ0n) is 25.4. The highest BCUT2D eigenvalue weighted by Crippen LogP contribution is 2.46. The maximum absolute atomic E-state index is 13.8. The number of rotatable bonds is 13. The molecule has 3 aromatic carbocycles. The number of hydrogen-bond acceptors (Lipinski definition) is 6. The second kappa shape index (κ2) is 15.9. The smallest absolute Gasteiger partial charge is 0.248 e. The van der Waals surface area contributed by atoms with E-state index in [-0.39, 0.29) is 23.6 Å². The molecular formula is C35H39N3O5S. The molecule has 9 heteroatoms. The first-order chi connectivity index (χ1) is 21.3. The van der Waals surface area contributed by atoms with Crippen molar-refractivity contribution >= 4 is 35.2 Å². The standard InChI is InChI=1S/C35H39N3O5S/c1-4-6-7-8-10-24-13-16-26(17-14-24)35-38(28-12-9-11-27(22-28)33(36)40)34(41)31(44-35)23-32(39)37-20-19-25-15-18-29(42-3)30(21-25)43-5-2/h9,11-18,21-22,31,35H,4-7,19-20,23H2,1-3H3,(H2,36,40)(H,37,39)/t31-,35+/m1/s1. The van der Waals surface area contributed by atoms with Crippen molar-refractivity contribution in [2.24, 2.45) is 5.73 Å². The predicted octanol–water partition coefficient (Wildman–Crippen LogP) is 5.63. The van der Waals surface area contributed by atoms with Gasteiger partial charge in [-0.15, -0.1) is 11.8 Å². The number of nitrogens with two attached hydrogens (primary N) is 1. The van der Waals surface area contributed by atoms with E-state index in [4.69, 9.17) is 15.2 Å². The van der Waals surface area contributed by atoms with Gasteiger partial charge in [-0.2, -0.15) is 0 Å². The van der Waals surface area contributed by atoms with Crippen molar-refractivity contribution in [3.63, 3.8) is 0 Å². The number of methoxy groups -OCH3 is 1. The normalized spacial score (nSPS) is 15.8. The van der Waals surface area contributed by atoms with Gasteiger partial charge in [-0.1, -0.05) is 49.5 Å². The minimum absolute atomic E-state index is 0.0276. The highest BCUT2D eigenvalue weighted by Gasteiger charge is 2.42. The van der Waals surface area contributed by atoms with Gasteiger partial charge in [0, 0.05) is 36.2 Å². The Hall–Kier alpha value is -4.42. The average Bonchev–Trinajstić information content (AvgIpc) is 3.35. The van der Waals surface area contributed by atoms with E-state index >= 15 is 0 Å². The fourth-order valence-corrected chi connectivity index (χ4v) is 6.32. The van der Waals surface area contributed by atoms with Crippen LogP contribution in [0, 0.1) is 11.8 Å². The minimum atomic E-state index is -0.601. The Morgan fingerprint density at radius 2 is 1.84 bits per heavy atom. The third-order valence-corrected chi connectivity index (χ3v) is 8.61. The molecule has 3 N–H and O–H groups in total. The van der Waals surface area contributed by atoms with E-state index in [0.717, 1.165) is 36.0 Å². The summed E-state index contributed by atoms with van der Waals surface area (Å²) in [6, 6.07) is 20.3. The minimum Gasteiger partial charge on any atom is -0.493 e. The highest BCUT2D eigenvalue weighted by molar-refractivity contribution is 8.01. The number of hydrogen-bond donors (Lipinski definition) is 2. The quantitative estimate of drug-likeness (QED) is 0.191. The molecule has 3 amide bonds. The summed E-state index contributed by atoms with van der Waals surface area (Å²) in [6.07, 6.45) is 3.65. The lowest BCUT2D eigenvalue weighted by Crippen LogP contribution is -2.34. The molecule has 1 saturated heterocycles. The van der Waals surface area contributed by atoms with Gasteiger partial charge in [0.05, 0.1) is 19.0 Å². The second-order valence-corrected chi connectivity index (χ2v) is 11.6. The lowest BCUT2D eigenvalue weighted by molar-refractivity contribution is -0.124. The van der Waals surface area contributed by atoms with Gasteiger partial charge < -0.3 is 20.5 Å². The zero-order chi connectivity index (χ0) is 31.5. The lowest BCUT2D eigenvalue weighted by Gasteiger charge is -2.24. The number of benzene rings is 3. The highest BCUT2D eigenvalue weighted by atomic mass is 32.2. The van der Waals surface area contributed by atoms with Gasteiger partial charge in [0.1, 0.15) is 5.37 Å². The summed E-state index contributed by atoms with van der Waals surface area (Å²) in [5.74, 6) is 6.73. The molecule has 4 rings (SSSR count). The molecule has 8 nitrogen and oxygen atoms in total. The third-order valence-electron chi connectivity index (χ3n) is 7.17. The van der Waals surface area contributed by atoms with Crippen molar-refractivity contribution in [2.45, 2.75) is 56.6 Å². The van der Waals surface area contributed by atoms with Gasteiger partial charge in [-0.25, -0.2) is 0 Å². The molecule has 0 spiro atoms. The average molecular weight is 614 g/mol. The van der Waals surface area contributed by atoms with Crippen LogP contribution in [0.5, 0.6) is 11.5 Å². The molecule has 1 fully saturated rings. The fraction of sp³-hybridized carbons (Fsp3) is 0.343. The number of nitrogens with zero attached hydrogens (tertiary/aromatic N) is 1. The van der Waals surface area contributed by atoms with Crippen LogP contribution in [0.25, 0.3) is 0 Å². The van der Waals surface area contributed by atoms with E-state index in [9.17, 15) is 14.4 Å². The lowest BCUT2D eigenvalue weighted by atomic mass is 10.1. The van der Waals surface area contributed by atoms with Crippen LogP contribution in [0.3, 0.4) is 0 Å². The number of unbranched alkanes of at least 4 members (excludes halogenated alkanes) is 2. The molecule has 0 radical (unpaired) electrons. The van der Waals surface area contributed by atoms with Crippen LogP contribution in [0.4, 0.5) is 5.69 Å². The Morgan fingerprint density at radius 3 is 2.55 bits per heavy atom. The molecule has 1 aliphatic heterocycles. The molecule has 0 unspecified atom stereocenters. The number of primary amides is 1. The number of amides is 3. The van der Waals surface area contributed by atoms with Crippen molar-refractivity contribution in [3.8, 4) is 23.3 Å². The number of ether oxygens (including phenoxy) is 2. The van der Waals surface area contributed by atoms with Crippen LogP contribution in [0.2, 0.25) is 0 Å². The second-order valence-electron chi connectivity index (χ2n) is 10.3. The van der Waals surface area contributed by atoms with Gasteiger partial charge in [-0.3, -0.25) is 19.3 Å². The van der Waals surface area contributed by atoms with E-state index < -0.39 is 11.2 Å². The Balaban J connectivity index is 1.47. The maximum atomic E-state index is 13.8. The SMILES string of the molecule is CCCCC#Cc1ccc([C@@H]2S[C@H](CC(=O)NCCc3ccc(OC)c(OCC)c3)C(=O)N2c2cccc(C(N)=O)c2)cc1. The molecule has 44 heavy (non-hydrogen) atoms. The Bertz CT molecular complexity index is 1530. The van der Waals surface area contributed by atoms with Crippen LogP contribution in [-0.2, 0) is 16.0 Å². The van der Waals surface area contributed by atoms with Crippen molar-refractivity contribution in [3.05, 3.63) is 89.0 Å². The van der Waals surface area contributed by atoms with Crippen LogP contribution in [0.1, 0.15) is 72.0 Å². The summed E-state index contributed by atoms with van der Waals surface area (Å²) < 4.78 is 11.0. The first-order valence-electron chi connectivity index (χ1n) is 14.9. The van der Waals surface area contributed by atoms with E-state index in [2.05, 4.69) is 24.1 Å². The summed E-state index contributed by atoms with van der Waals surface area (Å²) in [4.78, 5) is 40.4. The Morgan fingerprint density at radius 1 is 1.05 bits per heavy atom. The van der Waals surface area contributed by atoms with Gasteiger partial charge in [0.15, 0.2) is 11.5 Å². The molecule has 0 bridgehead atoms. The van der Waals surface area contributed by atoms with Gasteiger partial charge in [-0.05, 0) is 73.4 Å². The number of nitrogens with one attached hydrogen (secondary N) is 1. The summed E-state index contributed by atoms with van der Waals surface area (Å²) in [6.45, 7) is 4.98. The topological polar surface area (TPSA) is 111 Å². The number of carbonyl (C=O) groups excluding carboxylic acids is 3. The Kier molecular flexibility index (Phi) is 11.7. The molecular weight excluding hydrogens is 574 g/mol. The largest absolute Gasteiger partial charge is 0.493 e. The molecule has 0 aliphatic carbocycles. The number of thioether (sulfide) groups is 1. The molecule has 2 atom stereocenters. The van der Waals surface area contributed by atoms with E-state index in [1.807, 2.05) is 49.4 Å². The van der Waals surface area contributed by atoms with Crippen molar-refractivity contribution in [1.29, 1.82) is 0 Å². The van der Waals surface area contributed by atoms with Gasteiger partial charge >= 0.3 is 0 Å². The monoisotopic (exact) mass is 613 g/mol. The molecule has 1 heterocycles. The first-order valence-corrected chi connectivity index (χ1v) is 15.8. The van der Waals surface area contributed by atoms with Crippen LogP contribution in [-0.4, -0.2) is 43.2 Å². The van der Waals surface area contributed by atoms with Gasteiger partial charge in [0.2, 0.25) is 17.7 Å². The summed E-state index contributed by atoms with van der Waals surface area (Å²) in [5, 5.41) is 1.97. The third kappa shape index (κ3) is 8.35. The molecule has 0 aromatic heterocycles. The van der Waals surface area contributed by atoms with E-state index in [0.29, 0.717) is 42.3 Å². The summed E-state index contributed by atoms with van der Waals surface area (Å²) in [7, 11) is 1.60. The van der Waals surface area contributed by atoms with Crippen molar-refractivity contribution < 1.29 is 23.9 Å². The number of carbonyl (C=O) groups is 3. The Labute approximate surface area is 263 Å². The van der Waals surface area contributed by atoms with E-state index in [1.54, 1.807) is 36.3 Å². The number of anilines is 1. The first kappa shape index (κ1) is 32.5. The van der Waals surface area contributed by atoms with Crippen LogP contribution >= 0.6 is 11.8 Å². The van der Waals surface area contributed by atoms with Crippen LogP contribution < -0.4 is 25.4 Å². The van der Waals surface area contributed by atoms with Crippen molar-refractivity contribution in [2.75, 3.05) is 25.2 Å². The van der Waals surface area contributed by atoms with Crippen LogP contribution in [0.15, 0.2) is 66.7 Å². The van der Waals surface area contributed by atoms with E-state index in [1.165, 1.54) is 11.8 Å². The predicted molar refractivity (Wildman–Crippen MR) is 175 cm³/mol. The maximum Gasteiger partial charge on any atom is 0.248 e. The fourth-order valence-electron chi connectivity index (χ4n) is 4.87. The summed E-state index contributed by atoms with van der Waals surface area (Å²) >= 11 is 1.42. The summed E-state index contributed by atoms with van der Waals surface area (Å²) in [5.41, 5.74) is 9.20. The van der Waals surface area contributed by atoms with Gasteiger partial charge in [0.25, 0.3) is 0 Å². The molecule has 0 saturated carbocycles. The molecule has 230 valence electrons. The molecule has 1 aliphatic rings. The zero-order valence-corrected chi connectivity index (χ0v) is 26.2. The molecule has 3 aromatic rings.